The Bertz CT molecular complexity index is 1890. The Morgan fingerprint density at radius 2 is 1.00 bits per heavy atom. The maximum Gasteiger partial charge on any atom is 0.0344 e. The van der Waals surface area contributed by atoms with E-state index in [9.17, 15) is 0 Å². The molecule has 5 aromatic rings. The Hall–Kier alpha value is -1.50. The van der Waals surface area contributed by atoms with Crippen LogP contribution < -0.4 is 0 Å². The van der Waals surface area contributed by atoms with Crippen molar-refractivity contribution < 1.29 is 0 Å². The molecule has 0 aliphatic heterocycles. The summed E-state index contributed by atoms with van der Waals surface area (Å²) in [7, 11) is 0. The highest BCUT2D eigenvalue weighted by molar-refractivity contribution is 9.11. The zero-order valence-corrected chi connectivity index (χ0v) is 34.3. The average molecular weight is 917 g/mol. The van der Waals surface area contributed by atoms with Crippen LogP contribution in [0.2, 0.25) is 0 Å². The summed E-state index contributed by atoms with van der Waals surface area (Å²) in [5.41, 5.74) is 16.7. The highest BCUT2D eigenvalue weighted by Gasteiger charge is 2.28. The van der Waals surface area contributed by atoms with Crippen LogP contribution in [0.15, 0.2) is 95.2 Å². The fraction of sp³-hybridized carbons (Fsp3) is 0.250. The molecule has 0 saturated heterocycles. The van der Waals surface area contributed by atoms with Crippen molar-refractivity contribution in [3.63, 3.8) is 0 Å². The third-order valence-corrected chi connectivity index (χ3v) is 12.1. The van der Waals surface area contributed by atoms with Crippen molar-refractivity contribution in [2.24, 2.45) is 0 Å². The van der Waals surface area contributed by atoms with Gasteiger partial charge in [0.1, 0.15) is 0 Å². The molecule has 5 heteroatoms. The van der Waals surface area contributed by atoms with Gasteiger partial charge in [0.05, 0.1) is 0 Å². The van der Waals surface area contributed by atoms with Crippen LogP contribution in [0.5, 0.6) is 0 Å². The topological polar surface area (TPSA) is 0 Å². The second-order valence-electron chi connectivity index (χ2n) is 11.3. The van der Waals surface area contributed by atoms with Crippen LogP contribution in [0.4, 0.5) is 0 Å². The van der Waals surface area contributed by atoms with E-state index in [2.05, 4.69) is 187 Å². The van der Waals surface area contributed by atoms with Gasteiger partial charge >= 0.3 is 0 Å². The summed E-state index contributed by atoms with van der Waals surface area (Å²) < 4.78 is 5.62. The van der Waals surface area contributed by atoms with E-state index in [4.69, 9.17) is 0 Å². The molecule has 0 spiro atoms. The molecule has 0 aliphatic rings. The largest absolute Gasteiger partial charge is 0.0613 e. The van der Waals surface area contributed by atoms with E-state index >= 15 is 0 Å². The fourth-order valence-corrected chi connectivity index (χ4v) is 9.24. The maximum atomic E-state index is 4.33. The zero-order valence-electron chi connectivity index (χ0n) is 26.4. The molecule has 0 N–H and O–H groups in total. The summed E-state index contributed by atoms with van der Waals surface area (Å²) in [6.07, 6.45) is 4.70. The molecule has 0 bridgehead atoms. The molecule has 0 heterocycles. The first-order valence-electron chi connectivity index (χ1n) is 15.7. The number of aryl methyl sites for hydroxylation is 4. The third-order valence-electron chi connectivity index (χ3n) is 8.77. The van der Waals surface area contributed by atoms with E-state index in [0.717, 1.165) is 54.5 Å². The van der Waals surface area contributed by atoms with Crippen molar-refractivity contribution in [1.82, 2.24) is 0 Å². The van der Waals surface area contributed by atoms with Crippen LogP contribution in [0.1, 0.15) is 62.4 Å². The van der Waals surface area contributed by atoms with Crippen molar-refractivity contribution in [2.45, 2.75) is 66.7 Å². The molecule has 232 valence electrons. The zero-order chi connectivity index (χ0) is 32.4. The second-order valence-corrected chi connectivity index (χ2v) is 15.6. The first-order valence-corrected chi connectivity index (χ1v) is 19.7. The number of rotatable bonds is 9. The molecule has 0 aliphatic carbocycles. The summed E-state index contributed by atoms with van der Waals surface area (Å²) in [4.78, 5) is 0. The van der Waals surface area contributed by atoms with Gasteiger partial charge in [0.2, 0.25) is 0 Å². The molecule has 5 aromatic carbocycles. The van der Waals surface area contributed by atoms with Crippen LogP contribution in [0.25, 0.3) is 44.5 Å². The van der Waals surface area contributed by atoms with Crippen molar-refractivity contribution in [2.75, 3.05) is 0 Å². The van der Waals surface area contributed by atoms with Gasteiger partial charge in [-0.3, -0.25) is 0 Å². The van der Waals surface area contributed by atoms with Crippen LogP contribution >= 0.6 is 79.6 Å². The molecule has 5 rings (SSSR count). The monoisotopic (exact) mass is 912 g/mol. The Morgan fingerprint density at radius 3 is 1.64 bits per heavy atom. The number of benzene rings is 5. The Balaban J connectivity index is 2.08. The SMILES string of the molecule is CCc1ccc(-c2c(CC)c(-c3ccc(Br)cc3CC)c(-c3cc(Br)ccc3CC)c(Br)c2-c2ccc(Br)c(CC)c2)cc1Br. The van der Waals surface area contributed by atoms with Crippen molar-refractivity contribution in [3.8, 4) is 44.5 Å². The summed E-state index contributed by atoms with van der Waals surface area (Å²) in [6.45, 7) is 11.3. The Morgan fingerprint density at radius 1 is 0.400 bits per heavy atom. The highest BCUT2D eigenvalue weighted by Crippen LogP contribution is 2.53. The molecular formula is C40H37Br5. The standard InChI is InChI=1S/C40H37Br5/c1-6-23-13-15-30(42)22-33(23)39-38(32-17-16-29(41)20-25(32)8-3)31(10-5)36(28-12-11-24(7-2)35(44)21-28)37(40(39)45)27-14-18-34(43)26(9-4)19-27/h11-22H,6-10H2,1-5H3. The lowest BCUT2D eigenvalue weighted by Gasteiger charge is -2.28. The van der Waals surface area contributed by atoms with Gasteiger partial charge in [-0.15, -0.1) is 0 Å². The van der Waals surface area contributed by atoms with Crippen LogP contribution in [0.3, 0.4) is 0 Å². The van der Waals surface area contributed by atoms with Crippen LogP contribution in [-0.4, -0.2) is 0 Å². The highest BCUT2D eigenvalue weighted by atomic mass is 79.9. The van der Waals surface area contributed by atoms with Gasteiger partial charge in [0, 0.05) is 33.5 Å². The van der Waals surface area contributed by atoms with Crippen molar-refractivity contribution in [3.05, 3.63) is 123 Å². The van der Waals surface area contributed by atoms with Crippen molar-refractivity contribution in [1.29, 1.82) is 0 Å². The van der Waals surface area contributed by atoms with Gasteiger partial charge in [-0.2, -0.15) is 0 Å². The normalized spacial score (nSPS) is 11.3. The van der Waals surface area contributed by atoms with Gasteiger partial charge in [-0.05, 0) is 152 Å². The molecule has 45 heavy (non-hydrogen) atoms. The summed E-state index contributed by atoms with van der Waals surface area (Å²) >= 11 is 19.7. The van der Waals surface area contributed by atoms with Crippen LogP contribution in [0, 0.1) is 0 Å². The molecule has 0 unspecified atom stereocenters. The summed E-state index contributed by atoms with van der Waals surface area (Å²) in [6, 6.07) is 27.3. The fourth-order valence-electron chi connectivity index (χ4n) is 6.44. The summed E-state index contributed by atoms with van der Waals surface area (Å²) in [5.74, 6) is 0. The van der Waals surface area contributed by atoms with Gasteiger partial charge in [-0.25, -0.2) is 0 Å². The molecule has 0 aromatic heterocycles. The predicted molar refractivity (Wildman–Crippen MR) is 214 cm³/mol. The van der Waals surface area contributed by atoms with E-state index in [0.29, 0.717) is 0 Å². The van der Waals surface area contributed by atoms with Gasteiger partial charge in [-0.1, -0.05) is 129 Å². The van der Waals surface area contributed by atoms with E-state index < -0.39 is 0 Å². The first-order chi connectivity index (χ1) is 21.7. The minimum Gasteiger partial charge on any atom is -0.0613 e. The van der Waals surface area contributed by atoms with E-state index in [1.54, 1.807) is 0 Å². The van der Waals surface area contributed by atoms with Gasteiger partial charge in [0.15, 0.2) is 0 Å². The van der Waals surface area contributed by atoms with Gasteiger partial charge in [0.25, 0.3) is 0 Å². The number of halogens is 5. The van der Waals surface area contributed by atoms with E-state index in [-0.39, 0.29) is 0 Å². The molecular weight excluding hydrogens is 880 g/mol. The Kier molecular flexibility index (Phi) is 11.7. The average Bonchev–Trinajstić information content (AvgIpc) is 3.04. The molecule has 0 saturated carbocycles. The minimum absolute atomic E-state index is 0.886. The molecule has 0 nitrogen and oxygen atoms in total. The smallest absolute Gasteiger partial charge is 0.0344 e. The number of hydrogen-bond donors (Lipinski definition) is 0. The Labute approximate surface area is 311 Å². The summed E-state index contributed by atoms with van der Waals surface area (Å²) in [5, 5.41) is 0. The second kappa shape index (κ2) is 15.2. The van der Waals surface area contributed by atoms with Gasteiger partial charge < -0.3 is 0 Å². The van der Waals surface area contributed by atoms with E-state index in [1.807, 2.05) is 0 Å². The predicted octanol–water partition coefficient (Wildman–Crippen LogP) is 15.0. The quantitative estimate of drug-likeness (QED) is 0.138. The maximum absolute atomic E-state index is 4.33. The first kappa shape index (κ1) is 34.8. The van der Waals surface area contributed by atoms with Crippen LogP contribution in [-0.2, 0) is 32.1 Å². The lowest BCUT2D eigenvalue weighted by molar-refractivity contribution is 1.11. The molecule has 0 radical (unpaired) electrons. The molecule has 0 amide bonds. The lowest BCUT2D eigenvalue weighted by Crippen LogP contribution is -2.05. The van der Waals surface area contributed by atoms with E-state index in [1.165, 1.54) is 72.3 Å². The number of hydrogen-bond acceptors (Lipinski definition) is 0. The molecule has 0 fully saturated rings. The van der Waals surface area contributed by atoms with Crippen molar-refractivity contribution >= 4 is 79.6 Å². The molecule has 0 atom stereocenters. The minimum atomic E-state index is 0.886. The lowest BCUT2D eigenvalue weighted by atomic mass is 9.78. The third kappa shape index (κ3) is 6.90.